The highest BCUT2D eigenvalue weighted by Crippen LogP contribution is 2.14. The molecule has 0 nitrogen and oxygen atoms in total. The predicted octanol–water partition coefficient (Wildman–Crippen LogP) is 2.69. The first-order chi connectivity index (χ1) is 7.65. The standard InChI is InChI=1S/C15H15B/c1-11-3-6-14(12(2)9-11)10-13-4-7-15(16)8-5-13/h3-9H,10H2,1-2H3. The van der Waals surface area contributed by atoms with Gasteiger partial charge in [-0.3, -0.25) is 0 Å². The van der Waals surface area contributed by atoms with Gasteiger partial charge in [-0.1, -0.05) is 53.5 Å². The lowest BCUT2D eigenvalue weighted by molar-refractivity contribution is 1.15. The van der Waals surface area contributed by atoms with Crippen molar-refractivity contribution in [1.29, 1.82) is 0 Å². The van der Waals surface area contributed by atoms with Crippen molar-refractivity contribution in [2.45, 2.75) is 20.3 Å². The lowest BCUT2D eigenvalue weighted by Crippen LogP contribution is -2.01. The highest BCUT2D eigenvalue weighted by Gasteiger charge is 2.00. The van der Waals surface area contributed by atoms with E-state index in [2.05, 4.69) is 44.2 Å². The summed E-state index contributed by atoms with van der Waals surface area (Å²) >= 11 is 0. The normalized spacial score (nSPS) is 10.4. The number of hydrogen-bond donors (Lipinski definition) is 0. The smallest absolute Gasteiger partial charge is 0.0967 e. The molecule has 0 bridgehead atoms. The Hall–Kier alpha value is -1.50. The van der Waals surface area contributed by atoms with Gasteiger partial charge in [0.15, 0.2) is 0 Å². The third kappa shape index (κ3) is 2.54. The van der Waals surface area contributed by atoms with Crippen LogP contribution in [0.5, 0.6) is 0 Å². The zero-order valence-corrected chi connectivity index (χ0v) is 9.83. The highest BCUT2D eigenvalue weighted by molar-refractivity contribution is 6.32. The first-order valence-electron chi connectivity index (χ1n) is 5.56. The van der Waals surface area contributed by atoms with Gasteiger partial charge in [0.25, 0.3) is 0 Å². The van der Waals surface area contributed by atoms with Gasteiger partial charge in [0.05, 0.1) is 0 Å². The van der Waals surface area contributed by atoms with Gasteiger partial charge in [0.2, 0.25) is 0 Å². The molecular formula is C15H15B. The number of rotatable bonds is 2. The highest BCUT2D eigenvalue weighted by atomic mass is 14.0. The van der Waals surface area contributed by atoms with E-state index < -0.39 is 0 Å². The largest absolute Gasteiger partial charge is 0.113 e. The summed E-state index contributed by atoms with van der Waals surface area (Å²) in [6.07, 6.45) is 0.979. The summed E-state index contributed by atoms with van der Waals surface area (Å²) in [6, 6.07) is 14.7. The molecule has 2 radical (unpaired) electrons. The van der Waals surface area contributed by atoms with E-state index in [4.69, 9.17) is 7.85 Å². The Morgan fingerprint density at radius 2 is 1.62 bits per heavy atom. The van der Waals surface area contributed by atoms with Gasteiger partial charge in [0.1, 0.15) is 7.85 Å². The molecule has 16 heavy (non-hydrogen) atoms. The molecule has 0 saturated heterocycles. The molecule has 1 heteroatoms. The minimum absolute atomic E-state index is 0.823. The lowest BCUT2D eigenvalue weighted by Gasteiger charge is -2.07. The number of hydrogen-bond acceptors (Lipinski definition) is 0. The minimum Gasteiger partial charge on any atom is -0.0967 e. The van der Waals surface area contributed by atoms with Gasteiger partial charge >= 0.3 is 0 Å². The molecule has 2 aromatic rings. The second-order valence-corrected chi connectivity index (χ2v) is 4.35. The summed E-state index contributed by atoms with van der Waals surface area (Å²) in [7, 11) is 5.67. The van der Waals surface area contributed by atoms with Gasteiger partial charge in [0, 0.05) is 0 Å². The molecule has 2 aromatic carbocycles. The first-order valence-corrected chi connectivity index (χ1v) is 5.56. The molecule has 0 fully saturated rings. The molecule has 0 aliphatic heterocycles. The van der Waals surface area contributed by atoms with Crippen molar-refractivity contribution in [3.05, 3.63) is 64.7 Å². The van der Waals surface area contributed by atoms with Gasteiger partial charge in [-0.2, -0.15) is 0 Å². The predicted molar refractivity (Wildman–Crippen MR) is 70.6 cm³/mol. The van der Waals surface area contributed by atoms with Crippen molar-refractivity contribution in [2.75, 3.05) is 0 Å². The van der Waals surface area contributed by atoms with Crippen LogP contribution in [0.3, 0.4) is 0 Å². The van der Waals surface area contributed by atoms with Crippen molar-refractivity contribution in [3.63, 3.8) is 0 Å². The van der Waals surface area contributed by atoms with Crippen molar-refractivity contribution in [3.8, 4) is 0 Å². The Morgan fingerprint density at radius 1 is 0.938 bits per heavy atom. The van der Waals surface area contributed by atoms with Crippen LogP contribution in [0.15, 0.2) is 42.5 Å². The zero-order chi connectivity index (χ0) is 11.5. The van der Waals surface area contributed by atoms with Gasteiger partial charge in [-0.05, 0) is 37.0 Å². The second-order valence-electron chi connectivity index (χ2n) is 4.35. The van der Waals surface area contributed by atoms with Crippen LogP contribution in [-0.4, -0.2) is 7.85 Å². The number of benzene rings is 2. The van der Waals surface area contributed by atoms with Gasteiger partial charge in [-0.15, -0.1) is 0 Å². The molecule has 0 saturated carbocycles. The van der Waals surface area contributed by atoms with Crippen LogP contribution >= 0.6 is 0 Å². The topological polar surface area (TPSA) is 0 Å². The molecule has 0 aliphatic carbocycles. The number of aryl methyl sites for hydroxylation is 2. The molecule has 0 amide bonds. The van der Waals surface area contributed by atoms with Crippen molar-refractivity contribution in [2.24, 2.45) is 0 Å². The van der Waals surface area contributed by atoms with E-state index in [1.165, 1.54) is 22.3 Å². The van der Waals surface area contributed by atoms with Gasteiger partial charge in [-0.25, -0.2) is 0 Å². The Morgan fingerprint density at radius 3 is 2.25 bits per heavy atom. The van der Waals surface area contributed by atoms with Crippen LogP contribution in [0, 0.1) is 13.8 Å². The molecular weight excluding hydrogens is 191 g/mol. The summed E-state index contributed by atoms with van der Waals surface area (Å²) in [4.78, 5) is 0. The quantitative estimate of drug-likeness (QED) is 0.662. The summed E-state index contributed by atoms with van der Waals surface area (Å²) in [5.74, 6) is 0. The third-order valence-electron chi connectivity index (χ3n) is 2.87. The summed E-state index contributed by atoms with van der Waals surface area (Å²) in [5, 5.41) is 0. The first kappa shape index (κ1) is 11.0. The summed E-state index contributed by atoms with van der Waals surface area (Å²) in [5.41, 5.74) is 6.19. The van der Waals surface area contributed by atoms with Crippen LogP contribution < -0.4 is 5.46 Å². The minimum atomic E-state index is 0.823. The van der Waals surface area contributed by atoms with E-state index in [1.54, 1.807) is 0 Å². The van der Waals surface area contributed by atoms with Crippen LogP contribution in [0.25, 0.3) is 0 Å². The van der Waals surface area contributed by atoms with E-state index in [0.29, 0.717) is 0 Å². The van der Waals surface area contributed by atoms with Crippen molar-refractivity contribution < 1.29 is 0 Å². The van der Waals surface area contributed by atoms with E-state index in [0.717, 1.165) is 11.9 Å². The molecule has 2 rings (SSSR count). The fourth-order valence-electron chi connectivity index (χ4n) is 1.90. The van der Waals surface area contributed by atoms with Crippen LogP contribution in [0.4, 0.5) is 0 Å². The molecule has 0 atom stereocenters. The van der Waals surface area contributed by atoms with E-state index in [9.17, 15) is 0 Å². The molecule has 0 spiro atoms. The Kier molecular flexibility index (Phi) is 3.14. The van der Waals surface area contributed by atoms with Crippen LogP contribution in [0.2, 0.25) is 0 Å². The fourth-order valence-corrected chi connectivity index (χ4v) is 1.90. The third-order valence-corrected chi connectivity index (χ3v) is 2.87. The maximum atomic E-state index is 5.67. The summed E-state index contributed by atoms with van der Waals surface area (Å²) in [6.45, 7) is 4.29. The Bertz CT molecular complexity index is 483. The van der Waals surface area contributed by atoms with E-state index in [1.807, 2.05) is 12.1 Å². The summed E-state index contributed by atoms with van der Waals surface area (Å²) < 4.78 is 0. The Labute approximate surface area is 98.7 Å². The fraction of sp³-hybridized carbons (Fsp3) is 0.200. The van der Waals surface area contributed by atoms with E-state index >= 15 is 0 Å². The van der Waals surface area contributed by atoms with Crippen molar-refractivity contribution in [1.82, 2.24) is 0 Å². The molecule has 0 aliphatic rings. The molecule has 78 valence electrons. The maximum absolute atomic E-state index is 5.67. The van der Waals surface area contributed by atoms with Crippen LogP contribution in [-0.2, 0) is 6.42 Å². The van der Waals surface area contributed by atoms with E-state index in [-0.39, 0.29) is 0 Å². The second kappa shape index (κ2) is 4.57. The average molecular weight is 206 g/mol. The molecule has 0 aromatic heterocycles. The zero-order valence-electron chi connectivity index (χ0n) is 9.83. The SMILES string of the molecule is [B]c1ccc(Cc2ccc(C)cc2C)cc1. The molecule has 0 unspecified atom stereocenters. The Balaban J connectivity index is 2.23. The average Bonchev–Trinajstić information content (AvgIpc) is 2.25. The lowest BCUT2D eigenvalue weighted by atomic mass is 9.93. The van der Waals surface area contributed by atoms with Crippen molar-refractivity contribution >= 4 is 13.3 Å². The monoisotopic (exact) mass is 206 g/mol. The van der Waals surface area contributed by atoms with Crippen LogP contribution in [0.1, 0.15) is 22.3 Å². The molecule has 0 heterocycles. The van der Waals surface area contributed by atoms with Gasteiger partial charge < -0.3 is 0 Å². The molecule has 0 N–H and O–H groups in total. The maximum Gasteiger partial charge on any atom is 0.113 e.